The Balaban J connectivity index is 1.42. The summed E-state index contributed by atoms with van der Waals surface area (Å²) in [6.45, 7) is 3.00. The van der Waals surface area contributed by atoms with Crippen LogP contribution in [0.3, 0.4) is 0 Å². The van der Waals surface area contributed by atoms with Crippen LogP contribution in [0, 0.1) is 0 Å². The Bertz CT molecular complexity index is 747. The molecule has 2 aromatic rings. The Morgan fingerprint density at radius 3 is 2.80 bits per heavy atom. The van der Waals surface area contributed by atoms with Crippen molar-refractivity contribution in [2.45, 2.75) is 31.7 Å². The highest BCUT2D eigenvalue weighted by atomic mass is 32.1. The zero-order valence-electron chi connectivity index (χ0n) is 14.2. The van der Waals surface area contributed by atoms with Crippen molar-refractivity contribution in [3.63, 3.8) is 0 Å². The smallest absolute Gasteiger partial charge is 0.270 e. The number of nitrogens with one attached hydrogen (secondary N) is 1. The van der Waals surface area contributed by atoms with Crippen LogP contribution in [0.15, 0.2) is 29.8 Å². The number of H-pyrrole nitrogens is 1. The summed E-state index contributed by atoms with van der Waals surface area (Å²) in [6.07, 6.45) is 6.05. The van der Waals surface area contributed by atoms with Gasteiger partial charge in [0, 0.05) is 35.8 Å². The van der Waals surface area contributed by atoms with Crippen molar-refractivity contribution in [1.82, 2.24) is 14.8 Å². The molecule has 2 saturated heterocycles. The van der Waals surface area contributed by atoms with Gasteiger partial charge < -0.3 is 9.88 Å². The van der Waals surface area contributed by atoms with Gasteiger partial charge in [0.2, 0.25) is 0 Å². The van der Waals surface area contributed by atoms with Crippen LogP contribution in [0.5, 0.6) is 0 Å². The molecule has 4 heterocycles. The summed E-state index contributed by atoms with van der Waals surface area (Å²) in [5, 5.41) is 2.09. The third kappa shape index (κ3) is 3.41. The van der Waals surface area contributed by atoms with Crippen LogP contribution in [0.1, 0.15) is 57.4 Å². The molecule has 0 bridgehead atoms. The number of hydrogen-bond acceptors (Lipinski definition) is 4. The van der Waals surface area contributed by atoms with E-state index in [0.29, 0.717) is 23.8 Å². The van der Waals surface area contributed by atoms with Crippen molar-refractivity contribution in [1.29, 1.82) is 0 Å². The van der Waals surface area contributed by atoms with Crippen molar-refractivity contribution < 1.29 is 9.59 Å². The molecule has 2 aliphatic rings. The van der Waals surface area contributed by atoms with Gasteiger partial charge in [-0.05, 0) is 49.7 Å². The highest BCUT2D eigenvalue weighted by Gasteiger charge is 2.29. The van der Waals surface area contributed by atoms with Crippen LogP contribution >= 0.6 is 11.3 Å². The molecule has 132 valence electrons. The lowest BCUT2D eigenvalue weighted by Crippen LogP contribution is -2.29. The number of hydrogen-bond donors (Lipinski definition) is 1. The van der Waals surface area contributed by atoms with Crippen LogP contribution in [0.2, 0.25) is 0 Å². The minimum atomic E-state index is 0.00850. The van der Waals surface area contributed by atoms with Gasteiger partial charge in [-0.3, -0.25) is 14.5 Å². The zero-order valence-corrected chi connectivity index (χ0v) is 15.1. The number of aromatic nitrogens is 1. The lowest BCUT2D eigenvalue weighted by molar-refractivity contribution is 0.0787. The highest BCUT2D eigenvalue weighted by molar-refractivity contribution is 7.10. The Hall–Kier alpha value is -1.92. The molecule has 0 spiro atoms. The van der Waals surface area contributed by atoms with Crippen LogP contribution in [-0.2, 0) is 0 Å². The van der Waals surface area contributed by atoms with Gasteiger partial charge >= 0.3 is 0 Å². The summed E-state index contributed by atoms with van der Waals surface area (Å²) in [4.78, 5) is 33.6. The number of ketones is 1. The van der Waals surface area contributed by atoms with Crippen LogP contribution < -0.4 is 0 Å². The molecule has 0 saturated carbocycles. The lowest BCUT2D eigenvalue weighted by atomic mass is 10.1. The molecule has 5 nitrogen and oxygen atoms in total. The molecule has 4 rings (SSSR count). The second kappa shape index (κ2) is 7.14. The Labute approximate surface area is 151 Å². The van der Waals surface area contributed by atoms with Crippen molar-refractivity contribution in [2.75, 3.05) is 26.2 Å². The number of amides is 1. The first kappa shape index (κ1) is 16.5. The fourth-order valence-electron chi connectivity index (χ4n) is 3.86. The maximum atomic E-state index is 12.7. The van der Waals surface area contributed by atoms with Crippen molar-refractivity contribution in [3.05, 3.63) is 45.9 Å². The molecule has 1 unspecified atom stereocenters. The van der Waals surface area contributed by atoms with E-state index in [1.54, 1.807) is 23.6 Å². The first-order valence-electron chi connectivity index (χ1n) is 9.01. The fourth-order valence-corrected chi connectivity index (χ4v) is 4.76. The largest absolute Gasteiger partial charge is 0.356 e. The molecule has 0 aromatic carbocycles. The Kier molecular flexibility index (Phi) is 4.72. The van der Waals surface area contributed by atoms with Crippen molar-refractivity contribution in [3.8, 4) is 0 Å². The van der Waals surface area contributed by atoms with Gasteiger partial charge in [-0.2, -0.15) is 0 Å². The molecule has 2 aliphatic heterocycles. The predicted molar refractivity (Wildman–Crippen MR) is 98.1 cm³/mol. The number of Topliss-reactive ketones (excluding diaryl/α,β-unsaturated/α-hetero) is 1. The number of rotatable bonds is 5. The maximum Gasteiger partial charge on any atom is 0.270 e. The topological polar surface area (TPSA) is 56.4 Å². The number of carbonyl (C=O) groups excluding carboxylic acids is 2. The second-order valence-electron chi connectivity index (χ2n) is 6.87. The van der Waals surface area contributed by atoms with E-state index in [1.807, 2.05) is 4.90 Å². The van der Waals surface area contributed by atoms with Crippen LogP contribution in [0.25, 0.3) is 0 Å². The number of aromatic amines is 1. The quantitative estimate of drug-likeness (QED) is 0.835. The predicted octanol–water partition coefficient (Wildman–Crippen LogP) is 3.33. The number of nitrogens with zero attached hydrogens (tertiary/aromatic N) is 2. The summed E-state index contributed by atoms with van der Waals surface area (Å²) in [5.74, 6) is 0.0920. The van der Waals surface area contributed by atoms with E-state index in [1.165, 1.54) is 4.88 Å². The number of carbonyl (C=O) groups is 2. The minimum absolute atomic E-state index is 0.00850. The molecule has 6 heteroatoms. The van der Waals surface area contributed by atoms with Gasteiger partial charge in [0.1, 0.15) is 5.69 Å². The second-order valence-corrected chi connectivity index (χ2v) is 7.85. The monoisotopic (exact) mass is 357 g/mol. The summed E-state index contributed by atoms with van der Waals surface area (Å²) in [5.41, 5.74) is 1.14. The minimum Gasteiger partial charge on any atom is -0.356 e. The molecule has 0 radical (unpaired) electrons. The molecule has 1 amide bonds. The zero-order chi connectivity index (χ0) is 17.2. The summed E-state index contributed by atoms with van der Waals surface area (Å²) in [6, 6.07) is 6.30. The van der Waals surface area contributed by atoms with Crippen LogP contribution in [-0.4, -0.2) is 52.7 Å². The molecule has 1 N–H and O–H groups in total. The number of likely N-dealkylation sites (tertiary alicyclic amines) is 2. The van der Waals surface area contributed by atoms with E-state index in [9.17, 15) is 9.59 Å². The third-order valence-electron chi connectivity index (χ3n) is 5.21. The average molecular weight is 357 g/mol. The third-order valence-corrected chi connectivity index (χ3v) is 6.18. The van der Waals surface area contributed by atoms with E-state index < -0.39 is 0 Å². The van der Waals surface area contributed by atoms with Crippen molar-refractivity contribution >= 4 is 23.0 Å². The van der Waals surface area contributed by atoms with Gasteiger partial charge in [0.15, 0.2) is 5.78 Å². The number of thiophene rings is 1. The van der Waals surface area contributed by atoms with Gasteiger partial charge in [0.25, 0.3) is 5.91 Å². The van der Waals surface area contributed by atoms with E-state index in [-0.39, 0.29) is 11.7 Å². The van der Waals surface area contributed by atoms with E-state index in [2.05, 4.69) is 27.4 Å². The Morgan fingerprint density at radius 1 is 1.20 bits per heavy atom. The Morgan fingerprint density at radius 2 is 2.04 bits per heavy atom. The lowest BCUT2D eigenvalue weighted by Gasteiger charge is -2.22. The van der Waals surface area contributed by atoms with E-state index in [4.69, 9.17) is 0 Å². The first-order chi connectivity index (χ1) is 12.2. The van der Waals surface area contributed by atoms with E-state index in [0.717, 1.165) is 45.3 Å². The van der Waals surface area contributed by atoms with Crippen LogP contribution in [0.4, 0.5) is 0 Å². The molecule has 25 heavy (non-hydrogen) atoms. The summed E-state index contributed by atoms with van der Waals surface area (Å²) < 4.78 is 0. The van der Waals surface area contributed by atoms with Gasteiger partial charge in [-0.15, -0.1) is 11.3 Å². The normalized spacial score (nSPS) is 21.1. The molecule has 2 fully saturated rings. The molecule has 2 aromatic heterocycles. The highest BCUT2D eigenvalue weighted by Crippen LogP contribution is 2.34. The summed E-state index contributed by atoms with van der Waals surface area (Å²) >= 11 is 1.76. The SMILES string of the molecule is O=C(CN1CCCC1c1cccs1)c1c[nH]c(C(=O)N2CCCC2)c1. The maximum absolute atomic E-state index is 12.7. The fraction of sp³-hybridized carbons (Fsp3) is 0.474. The average Bonchev–Trinajstić information content (AvgIpc) is 3.41. The van der Waals surface area contributed by atoms with Gasteiger partial charge in [-0.1, -0.05) is 6.07 Å². The molecule has 0 aliphatic carbocycles. The van der Waals surface area contributed by atoms with Crippen molar-refractivity contribution in [2.24, 2.45) is 0 Å². The standard InChI is InChI=1S/C19H23N3O2S/c23-17(13-22-9-3-5-16(22)18-6-4-10-25-18)14-11-15(20-12-14)19(24)21-7-1-2-8-21/h4,6,10-12,16,20H,1-3,5,7-9,13H2. The van der Waals surface area contributed by atoms with E-state index >= 15 is 0 Å². The van der Waals surface area contributed by atoms with Gasteiger partial charge in [0.05, 0.1) is 6.54 Å². The molecular formula is C19H23N3O2S. The molecular weight excluding hydrogens is 334 g/mol. The first-order valence-corrected chi connectivity index (χ1v) is 9.88. The molecule has 1 atom stereocenters. The summed E-state index contributed by atoms with van der Waals surface area (Å²) in [7, 11) is 0. The van der Waals surface area contributed by atoms with Gasteiger partial charge in [-0.25, -0.2) is 0 Å².